The fourth-order valence-electron chi connectivity index (χ4n) is 3.66. The summed E-state index contributed by atoms with van der Waals surface area (Å²) in [6, 6.07) is 5.01. The van der Waals surface area contributed by atoms with Crippen LogP contribution in [-0.4, -0.2) is 60.1 Å². The van der Waals surface area contributed by atoms with Gasteiger partial charge in [-0.3, -0.25) is 4.79 Å². The van der Waals surface area contributed by atoms with E-state index in [4.69, 9.17) is 4.74 Å². The van der Waals surface area contributed by atoms with Gasteiger partial charge in [-0.15, -0.1) is 0 Å². The zero-order valence-corrected chi connectivity index (χ0v) is 15.2. The highest BCUT2D eigenvalue weighted by molar-refractivity contribution is 5.78. The highest BCUT2D eigenvalue weighted by Crippen LogP contribution is 2.26. The molecule has 142 valence electrons. The average molecular weight is 361 g/mol. The summed E-state index contributed by atoms with van der Waals surface area (Å²) in [5.74, 6) is 1.24. The molecule has 2 N–H and O–H groups in total. The summed E-state index contributed by atoms with van der Waals surface area (Å²) in [7, 11) is 1.50. The number of carbonyl (C=O) groups is 2. The fraction of sp³-hybridized carbons (Fsp3) is 0.579. The van der Waals surface area contributed by atoms with Crippen LogP contribution >= 0.6 is 0 Å². The van der Waals surface area contributed by atoms with E-state index in [0.29, 0.717) is 37.7 Å². The Labute approximate surface area is 153 Å². The van der Waals surface area contributed by atoms with Crippen molar-refractivity contribution in [2.45, 2.75) is 32.2 Å². The largest absolute Gasteiger partial charge is 0.504 e. The Kier molecular flexibility index (Phi) is 5.85. The Hall–Kier alpha value is -2.44. The standard InChI is InChI=1S/C19H27N3O4/c1-26-17-5-4-15(11-16(17)23)12-20-19(25)21-9-6-14(7-10-21)13-22-8-2-3-18(22)24/h4-5,11,14,23H,2-3,6-10,12-13H2,1H3,(H,20,25). The molecule has 0 aromatic heterocycles. The Morgan fingerprint density at radius 2 is 2.08 bits per heavy atom. The summed E-state index contributed by atoms with van der Waals surface area (Å²) in [5.41, 5.74) is 0.819. The second-order valence-corrected chi connectivity index (χ2v) is 7.04. The normalized spacial score (nSPS) is 18.3. The van der Waals surface area contributed by atoms with E-state index in [2.05, 4.69) is 5.32 Å². The van der Waals surface area contributed by atoms with Crippen LogP contribution < -0.4 is 10.1 Å². The highest BCUT2D eigenvalue weighted by atomic mass is 16.5. The molecule has 0 aliphatic carbocycles. The minimum Gasteiger partial charge on any atom is -0.504 e. The topological polar surface area (TPSA) is 82.1 Å². The zero-order valence-electron chi connectivity index (χ0n) is 15.2. The summed E-state index contributed by atoms with van der Waals surface area (Å²) in [5, 5.41) is 12.7. The van der Waals surface area contributed by atoms with Gasteiger partial charge in [-0.05, 0) is 42.9 Å². The van der Waals surface area contributed by atoms with E-state index in [0.717, 1.165) is 37.9 Å². The summed E-state index contributed by atoms with van der Waals surface area (Å²) >= 11 is 0. The van der Waals surface area contributed by atoms with Crippen molar-refractivity contribution in [3.05, 3.63) is 23.8 Å². The third kappa shape index (κ3) is 4.39. The number of rotatable bonds is 5. The molecular weight excluding hydrogens is 334 g/mol. The average Bonchev–Trinajstić information content (AvgIpc) is 3.05. The van der Waals surface area contributed by atoms with Gasteiger partial charge in [0.25, 0.3) is 0 Å². The molecule has 7 heteroatoms. The van der Waals surface area contributed by atoms with Crippen molar-refractivity contribution >= 4 is 11.9 Å². The molecule has 2 aliphatic heterocycles. The van der Waals surface area contributed by atoms with E-state index in [1.807, 2.05) is 15.9 Å². The first-order chi connectivity index (χ1) is 12.6. The lowest BCUT2D eigenvalue weighted by atomic mass is 9.96. The Bertz CT molecular complexity index is 656. The van der Waals surface area contributed by atoms with Gasteiger partial charge in [0.1, 0.15) is 0 Å². The number of amides is 3. The summed E-state index contributed by atoms with van der Waals surface area (Å²) < 4.78 is 5.01. The van der Waals surface area contributed by atoms with Crippen LogP contribution in [0.2, 0.25) is 0 Å². The number of likely N-dealkylation sites (tertiary alicyclic amines) is 2. The van der Waals surface area contributed by atoms with Gasteiger partial charge in [0, 0.05) is 39.1 Å². The molecule has 1 aromatic rings. The first-order valence-corrected chi connectivity index (χ1v) is 9.23. The van der Waals surface area contributed by atoms with Crippen LogP contribution in [0.4, 0.5) is 4.79 Å². The van der Waals surface area contributed by atoms with Crippen LogP contribution in [-0.2, 0) is 11.3 Å². The molecular formula is C19H27N3O4. The van der Waals surface area contributed by atoms with Gasteiger partial charge in [-0.1, -0.05) is 6.07 Å². The molecule has 3 amide bonds. The van der Waals surface area contributed by atoms with Gasteiger partial charge >= 0.3 is 6.03 Å². The maximum absolute atomic E-state index is 12.3. The van der Waals surface area contributed by atoms with Crippen molar-refractivity contribution < 1.29 is 19.4 Å². The van der Waals surface area contributed by atoms with Crippen LogP contribution in [0.15, 0.2) is 18.2 Å². The summed E-state index contributed by atoms with van der Waals surface area (Å²) in [6.07, 6.45) is 3.52. The van der Waals surface area contributed by atoms with Crippen molar-refractivity contribution in [3.8, 4) is 11.5 Å². The Morgan fingerprint density at radius 1 is 1.31 bits per heavy atom. The fourth-order valence-corrected chi connectivity index (χ4v) is 3.66. The lowest BCUT2D eigenvalue weighted by Crippen LogP contribution is -2.45. The van der Waals surface area contributed by atoms with E-state index in [-0.39, 0.29) is 17.7 Å². The molecule has 26 heavy (non-hydrogen) atoms. The smallest absolute Gasteiger partial charge is 0.317 e. The maximum Gasteiger partial charge on any atom is 0.317 e. The zero-order chi connectivity index (χ0) is 18.5. The van der Waals surface area contributed by atoms with Crippen LogP contribution in [0.25, 0.3) is 0 Å². The predicted molar refractivity (Wildman–Crippen MR) is 97.0 cm³/mol. The van der Waals surface area contributed by atoms with Crippen molar-refractivity contribution in [1.29, 1.82) is 0 Å². The van der Waals surface area contributed by atoms with Gasteiger partial charge in [0.15, 0.2) is 11.5 Å². The minimum absolute atomic E-state index is 0.0662. The molecule has 2 saturated heterocycles. The number of phenolic OH excluding ortho intramolecular Hbond substituents is 1. The number of aromatic hydroxyl groups is 1. The van der Waals surface area contributed by atoms with E-state index < -0.39 is 0 Å². The molecule has 0 bridgehead atoms. The molecule has 2 fully saturated rings. The Morgan fingerprint density at radius 3 is 2.69 bits per heavy atom. The molecule has 0 spiro atoms. The number of phenols is 1. The molecule has 1 aromatic carbocycles. The van der Waals surface area contributed by atoms with Crippen molar-refractivity contribution in [3.63, 3.8) is 0 Å². The van der Waals surface area contributed by atoms with Gasteiger partial charge in [0.2, 0.25) is 5.91 Å². The monoisotopic (exact) mass is 361 g/mol. The number of nitrogens with zero attached hydrogens (tertiary/aromatic N) is 2. The van der Waals surface area contributed by atoms with E-state index in [1.165, 1.54) is 7.11 Å². The SMILES string of the molecule is COc1ccc(CNC(=O)N2CCC(CN3CCCC3=O)CC2)cc1O. The minimum atomic E-state index is -0.0870. The van der Waals surface area contributed by atoms with Crippen LogP contribution in [0, 0.1) is 5.92 Å². The van der Waals surface area contributed by atoms with Gasteiger partial charge in [-0.2, -0.15) is 0 Å². The van der Waals surface area contributed by atoms with Crippen LogP contribution in [0.1, 0.15) is 31.2 Å². The third-order valence-corrected chi connectivity index (χ3v) is 5.24. The van der Waals surface area contributed by atoms with Gasteiger partial charge in [0.05, 0.1) is 7.11 Å². The number of carbonyl (C=O) groups excluding carboxylic acids is 2. The lowest BCUT2D eigenvalue weighted by Gasteiger charge is -2.33. The summed E-state index contributed by atoms with van der Waals surface area (Å²) in [4.78, 5) is 27.9. The van der Waals surface area contributed by atoms with Gasteiger partial charge in [-0.25, -0.2) is 4.79 Å². The molecule has 0 saturated carbocycles. The van der Waals surface area contributed by atoms with E-state index >= 15 is 0 Å². The number of hydrogen-bond acceptors (Lipinski definition) is 4. The molecule has 0 radical (unpaired) electrons. The third-order valence-electron chi connectivity index (χ3n) is 5.24. The van der Waals surface area contributed by atoms with Crippen molar-refractivity contribution in [2.24, 2.45) is 5.92 Å². The number of hydrogen-bond donors (Lipinski definition) is 2. The number of methoxy groups -OCH3 is 1. The van der Waals surface area contributed by atoms with E-state index in [9.17, 15) is 14.7 Å². The number of urea groups is 1. The molecule has 2 aliphatic rings. The number of benzene rings is 1. The van der Waals surface area contributed by atoms with Crippen molar-refractivity contribution in [1.82, 2.24) is 15.1 Å². The molecule has 7 nitrogen and oxygen atoms in total. The van der Waals surface area contributed by atoms with Crippen LogP contribution in [0.3, 0.4) is 0 Å². The first-order valence-electron chi connectivity index (χ1n) is 9.23. The second kappa shape index (κ2) is 8.29. The quantitative estimate of drug-likeness (QED) is 0.840. The van der Waals surface area contributed by atoms with Gasteiger partial charge < -0.3 is 25.0 Å². The second-order valence-electron chi connectivity index (χ2n) is 7.04. The molecule has 3 rings (SSSR count). The highest BCUT2D eigenvalue weighted by Gasteiger charge is 2.27. The molecule has 0 unspecified atom stereocenters. The number of ether oxygens (including phenoxy) is 1. The maximum atomic E-state index is 12.3. The summed E-state index contributed by atoms with van der Waals surface area (Å²) in [6.45, 7) is 3.50. The molecule has 2 heterocycles. The predicted octanol–water partition coefficient (Wildman–Crippen LogP) is 1.94. The first kappa shape index (κ1) is 18.4. The lowest BCUT2D eigenvalue weighted by molar-refractivity contribution is -0.128. The van der Waals surface area contributed by atoms with Crippen LogP contribution in [0.5, 0.6) is 11.5 Å². The van der Waals surface area contributed by atoms with E-state index in [1.54, 1.807) is 12.1 Å². The van der Waals surface area contributed by atoms with Crippen molar-refractivity contribution in [2.75, 3.05) is 33.3 Å². The Balaban J connectivity index is 1.42. The number of piperidine rings is 1. The number of nitrogens with one attached hydrogen (secondary N) is 1. The molecule has 0 atom stereocenters.